The number of amides is 2. The zero-order valence-corrected chi connectivity index (χ0v) is 15.0. The highest BCUT2D eigenvalue weighted by Gasteiger charge is 2.25. The van der Waals surface area contributed by atoms with Gasteiger partial charge in [0.1, 0.15) is 5.69 Å². The molecule has 0 radical (unpaired) electrons. The quantitative estimate of drug-likeness (QED) is 0.747. The smallest absolute Gasteiger partial charge is 0.269 e. The summed E-state index contributed by atoms with van der Waals surface area (Å²) in [6.45, 7) is 1.42. The van der Waals surface area contributed by atoms with E-state index in [4.69, 9.17) is 5.73 Å². The van der Waals surface area contributed by atoms with Gasteiger partial charge in [-0.2, -0.15) is 5.10 Å². The van der Waals surface area contributed by atoms with Crippen LogP contribution in [0.2, 0.25) is 0 Å². The van der Waals surface area contributed by atoms with E-state index in [1.807, 2.05) is 29.2 Å². The van der Waals surface area contributed by atoms with Crippen LogP contribution in [-0.2, 0) is 11.2 Å². The van der Waals surface area contributed by atoms with Gasteiger partial charge in [-0.1, -0.05) is 42.5 Å². The highest BCUT2D eigenvalue weighted by atomic mass is 16.2. The van der Waals surface area contributed by atoms with E-state index in [0.717, 1.165) is 34.9 Å². The first-order chi connectivity index (χ1) is 13.1. The zero-order valence-electron chi connectivity index (χ0n) is 15.0. The maximum Gasteiger partial charge on any atom is 0.269 e. The fourth-order valence-corrected chi connectivity index (χ4v) is 3.83. The van der Waals surface area contributed by atoms with E-state index in [-0.39, 0.29) is 17.5 Å². The van der Waals surface area contributed by atoms with Gasteiger partial charge in [0.05, 0.1) is 6.42 Å². The second-order valence-electron chi connectivity index (χ2n) is 7.04. The summed E-state index contributed by atoms with van der Waals surface area (Å²) in [7, 11) is 0. The summed E-state index contributed by atoms with van der Waals surface area (Å²) in [6, 6.07) is 16.0. The van der Waals surface area contributed by atoms with Crippen LogP contribution in [0.3, 0.4) is 0 Å². The van der Waals surface area contributed by atoms with Gasteiger partial charge in [-0.25, -0.2) is 0 Å². The molecule has 3 N–H and O–H groups in total. The summed E-state index contributed by atoms with van der Waals surface area (Å²) in [4.78, 5) is 25.9. The number of benzene rings is 2. The average molecular weight is 362 g/mol. The highest BCUT2D eigenvalue weighted by molar-refractivity contribution is 5.91. The molecule has 0 saturated carbocycles. The van der Waals surface area contributed by atoms with Gasteiger partial charge in [-0.15, -0.1) is 0 Å². The van der Waals surface area contributed by atoms with Crippen LogP contribution in [-0.4, -0.2) is 40.0 Å². The van der Waals surface area contributed by atoms with Crippen LogP contribution >= 0.6 is 0 Å². The van der Waals surface area contributed by atoms with Crippen molar-refractivity contribution in [3.8, 4) is 0 Å². The van der Waals surface area contributed by atoms with Crippen LogP contribution in [0.5, 0.6) is 0 Å². The summed E-state index contributed by atoms with van der Waals surface area (Å²) in [5, 5.41) is 9.15. The Hall–Kier alpha value is -3.15. The lowest BCUT2D eigenvalue weighted by molar-refractivity contribution is -0.131. The molecule has 0 atom stereocenters. The number of likely N-dealkylation sites (tertiary alicyclic amines) is 1. The third-order valence-electron chi connectivity index (χ3n) is 5.36. The lowest BCUT2D eigenvalue weighted by atomic mass is 9.93. The maximum absolute atomic E-state index is 12.8. The van der Waals surface area contributed by atoms with Gasteiger partial charge in [0.15, 0.2) is 0 Å². The minimum Gasteiger partial charge on any atom is -0.364 e. The number of carbonyl (C=O) groups is 2. The Kier molecular flexibility index (Phi) is 4.62. The van der Waals surface area contributed by atoms with E-state index in [2.05, 4.69) is 28.4 Å². The van der Waals surface area contributed by atoms with Crippen LogP contribution in [0.4, 0.5) is 0 Å². The second-order valence-corrected chi connectivity index (χ2v) is 7.04. The minimum atomic E-state index is -0.528. The van der Waals surface area contributed by atoms with Crippen molar-refractivity contribution in [3.63, 3.8) is 0 Å². The van der Waals surface area contributed by atoms with Gasteiger partial charge >= 0.3 is 0 Å². The number of primary amides is 1. The molecule has 6 heteroatoms. The van der Waals surface area contributed by atoms with Gasteiger partial charge in [-0.05, 0) is 35.2 Å². The zero-order chi connectivity index (χ0) is 18.8. The first kappa shape index (κ1) is 17.3. The van der Waals surface area contributed by atoms with Crippen LogP contribution < -0.4 is 5.73 Å². The summed E-state index contributed by atoms with van der Waals surface area (Å²) in [6.07, 6.45) is 2.12. The normalized spacial score (nSPS) is 15.2. The third kappa shape index (κ3) is 3.56. The molecular formula is C21H22N4O2. The molecule has 27 heavy (non-hydrogen) atoms. The maximum atomic E-state index is 12.8. The molecule has 2 heterocycles. The SMILES string of the molecule is NC(=O)c1cc(C2CCN(C(=O)Cc3cccc4ccccc34)CC2)[nH]n1. The molecule has 2 aromatic carbocycles. The molecule has 0 unspecified atom stereocenters. The van der Waals surface area contributed by atoms with E-state index < -0.39 is 5.91 Å². The van der Waals surface area contributed by atoms with E-state index in [1.54, 1.807) is 6.07 Å². The van der Waals surface area contributed by atoms with E-state index in [0.29, 0.717) is 19.5 Å². The number of H-pyrrole nitrogens is 1. The molecule has 4 rings (SSSR count). The molecule has 1 saturated heterocycles. The van der Waals surface area contributed by atoms with E-state index in [9.17, 15) is 9.59 Å². The van der Waals surface area contributed by atoms with Crippen molar-refractivity contribution in [1.82, 2.24) is 15.1 Å². The van der Waals surface area contributed by atoms with Crippen LogP contribution in [0.1, 0.15) is 40.5 Å². The number of hydrogen-bond acceptors (Lipinski definition) is 3. The van der Waals surface area contributed by atoms with Crippen molar-refractivity contribution in [2.45, 2.75) is 25.2 Å². The Balaban J connectivity index is 1.40. The molecule has 1 aliphatic rings. The van der Waals surface area contributed by atoms with Gasteiger partial charge in [0, 0.05) is 24.7 Å². The number of fused-ring (bicyclic) bond motifs is 1. The van der Waals surface area contributed by atoms with E-state index in [1.165, 1.54) is 0 Å². The lowest BCUT2D eigenvalue weighted by Crippen LogP contribution is -2.38. The molecule has 1 aromatic heterocycles. The lowest BCUT2D eigenvalue weighted by Gasteiger charge is -2.31. The van der Waals surface area contributed by atoms with Crippen LogP contribution in [0.15, 0.2) is 48.5 Å². The number of aromatic amines is 1. The number of hydrogen-bond donors (Lipinski definition) is 2. The Morgan fingerprint density at radius 2 is 1.85 bits per heavy atom. The standard InChI is InChI=1S/C21H22N4O2/c22-21(27)19-13-18(23-24-19)15-8-10-25(11-9-15)20(26)12-16-6-3-5-14-4-1-2-7-17(14)16/h1-7,13,15H,8-12H2,(H2,22,27)(H,23,24). The number of nitrogens with one attached hydrogen (secondary N) is 1. The fourth-order valence-electron chi connectivity index (χ4n) is 3.83. The second kappa shape index (κ2) is 7.23. The van der Waals surface area contributed by atoms with Gasteiger partial charge in [0.25, 0.3) is 5.91 Å². The third-order valence-corrected chi connectivity index (χ3v) is 5.36. The van der Waals surface area contributed by atoms with Crippen molar-refractivity contribution in [1.29, 1.82) is 0 Å². The van der Waals surface area contributed by atoms with Crippen molar-refractivity contribution in [3.05, 3.63) is 65.5 Å². The van der Waals surface area contributed by atoms with Crippen LogP contribution in [0, 0.1) is 0 Å². The largest absolute Gasteiger partial charge is 0.364 e. The first-order valence-electron chi connectivity index (χ1n) is 9.21. The number of rotatable bonds is 4. The van der Waals surface area contributed by atoms with Gasteiger partial charge in [0.2, 0.25) is 5.91 Å². The number of nitrogens with zero attached hydrogens (tertiary/aromatic N) is 2. The monoisotopic (exact) mass is 362 g/mol. The topological polar surface area (TPSA) is 92.1 Å². The Bertz CT molecular complexity index is 981. The van der Waals surface area contributed by atoms with Crippen molar-refractivity contribution in [2.75, 3.05) is 13.1 Å². The van der Waals surface area contributed by atoms with Crippen LogP contribution in [0.25, 0.3) is 10.8 Å². The Morgan fingerprint density at radius 1 is 1.11 bits per heavy atom. The highest BCUT2D eigenvalue weighted by Crippen LogP contribution is 2.28. The summed E-state index contributed by atoms with van der Waals surface area (Å²) >= 11 is 0. The predicted octanol–water partition coefficient (Wildman–Crippen LogP) is 2.61. The van der Waals surface area contributed by atoms with Gasteiger partial charge in [-0.3, -0.25) is 14.7 Å². The summed E-state index contributed by atoms with van der Waals surface area (Å²) < 4.78 is 0. The molecular weight excluding hydrogens is 340 g/mol. The summed E-state index contributed by atoms with van der Waals surface area (Å²) in [5.41, 5.74) is 7.51. The van der Waals surface area contributed by atoms with Crippen molar-refractivity contribution >= 4 is 22.6 Å². The van der Waals surface area contributed by atoms with Crippen molar-refractivity contribution < 1.29 is 9.59 Å². The molecule has 0 bridgehead atoms. The number of aromatic nitrogens is 2. The molecule has 6 nitrogen and oxygen atoms in total. The first-order valence-corrected chi connectivity index (χ1v) is 9.21. The average Bonchev–Trinajstić information content (AvgIpc) is 3.19. The Labute approximate surface area is 157 Å². The minimum absolute atomic E-state index is 0.159. The molecule has 3 aromatic rings. The molecule has 0 spiro atoms. The molecule has 1 aliphatic heterocycles. The number of carbonyl (C=O) groups excluding carboxylic acids is 2. The fraction of sp³-hybridized carbons (Fsp3) is 0.286. The Morgan fingerprint density at radius 3 is 2.59 bits per heavy atom. The number of nitrogens with two attached hydrogens (primary N) is 1. The molecule has 1 fully saturated rings. The van der Waals surface area contributed by atoms with Gasteiger partial charge < -0.3 is 10.6 Å². The predicted molar refractivity (Wildman–Crippen MR) is 103 cm³/mol. The number of piperidine rings is 1. The molecule has 2 amide bonds. The van der Waals surface area contributed by atoms with Crippen molar-refractivity contribution in [2.24, 2.45) is 5.73 Å². The molecule has 138 valence electrons. The summed E-state index contributed by atoms with van der Waals surface area (Å²) in [5.74, 6) is -0.0976. The molecule has 0 aliphatic carbocycles. The van der Waals surface area contributed by atoms with E-state index >= 15 is 0 Å².